The van der Waals surface area contributed by atoms with E-state index in [0.717, 1.165) is 38.8 Å². The molecule has 68 valence electrons. The molecule has 0 aromatic carbocycles. The van der Waals surface area contributed by atoms with Gasteiger partial charge >= 0.3 is 5.24 Å². The highest BCUT2D eigenvalue weighted by Crippen LogP contribution is 2.30. The normalized spacial score (nSPS) is 25.9. The van der Waals surface area contributed by atoms with Gasteiger partial charge in [0.15, 0.2) is 0 Å². The average molecular weight is 187 g/mol. The maximum atomic E-state index is 11.5. The number of hydrogen-bond acceptors (Lipinski definition) is 2. The fourth-order valence-corrected chi connectivity index (χ4v) is 2.74. The summed E-state index contributed by atoms with van der Waals surface area (Å²) in [6, 6.07) is 0. The lowest BCUT2D eigenvalue weighted by molar-refractivity contribution is 0.231. The second kappa shape index (κ2) is 3.26. The predicted octanol–water partition coefficient (Wildman–Crippen LogP) is 1.11. The Hall–Kier alpha value is -0.220. The van der Waals surface area contributed by atoms with Crippen LogP contribution in [0.2, 0.25) is 0 Å². The fourth-order valence-electron chi connectivity index (χ4n) is 1.45. The van der Waals surface area contributed by atoms with Gasteiger partial charge in [0, 0.05) is 37.1 Å². The summed E-state index contributed by atoms with van der Waals surface area (Å²) < 4.78 is 11.4. The van der Waals surface area contributed by atoms with Crippen LogP contribution in [0, 0.1) is 0 Å². The van der Waals surface area contributed by atoms with Crippen molar-refractivity contribution in [1.82, 2.24) is 4.90 Å². The van der Waals surface area contributed by atoms with Gasteiger partial charge in [-0.05, 0) is 12.8 Å². The third-order valence-electron chi connectivity index (χ3n) is 2.36. The lowest BCUT2D eigenvalue weighted by Crippen LogP contribution is -2.34. The number of rotatable bonds is 1. The van der Waals surface area contributed by atoms with Gasteiger partial charge < -0.3 is 4.55 Å². The molecular weight excluding hydrogens is 174 g/mol. The maximum absolute atomic E-state index is 11.5. The van der Waals surface area contributed by atoms with Crippen molar-refractivity contribution in [1.29, 1.82) is 0 Å². The summed E-state index contributed by atoms with van der Waals surface area (Å²) in [5, 5.41) is 0.0769. The topological polar surface area (TPSA) is 43.4 Å². The molecule has 3 nitrogen and oxygen atoms in total. The second-order valence-electron chi connectivity index (χ2n) is 3.46. The van der Waals surface area contributed by atoms with Crippen LogP contribution in [0.1, 0.15) is 25.7 Å². The third kappa shape index (κ3) is 1.59. The molecule has 0 bridgehead atoms. The average Bonchev–Trinajstić information content (AvgIpc) is 2.79. The second-order valence-corrected chi connectivity index (χ2v) is 5.07. The Labute approximate surface area is 75.3 Å². The Morgan fingerprint density at radius 1 is 1.33 bits per heavy atom. The van der Waals surface area contributed by atoms with Gasteiger partial charge in [-0.25, -0.2) is 4.79 Å². The molecule has 2 aliphatic rings. The first-order valence-corrected chi connectivity index (χ1v) is 5.70. The van der Waals surface area contributed by atoms with E-state index in [9.17, 15) is 9.35 Å². The molecule has 0 N–H and O–H groups in total. The van der Waals surface area contributed by atoms with E-state index in [1.54, 1.807) is 4.90 Å². The van der Waals surface area contributed by atoms with Crippen molar-refractivity contribution in [3.8, 4) is 0 Å². The minimum atomic E-state index is -1.21. The van der Waals surface area contributed by atoms with Crippen LogP contribution in [0.3, 0.4) is 0 Å². The molecule has 12 heavy (non-hydrogen) atoms. The quantitative estimate of drug-likeness (QED) is 0.577. The highest BCUT2D eigenvalue weighted by Gasteiger charge is 2.42. The molecule has 0 aromatic rings. The van der Waals surface area contributed by atoms with E-state index in [2.05, 4.69) is 0 Å². The largest absolute Gasteiger partial charge is 0.607 e. The summed E-state index contributed by atoms with van der Waals surface area (Å²) in [4.78, 5) is 13.2. The van der Waals surface area contributed by atoms with Gasteiger partial charge in [0.2, 0.25) is 0 Å². The molecule has 2 fully saturated rings. The molecule has 1 unspecified atom stereocenters. The Kier molecular flexibility index (Phi) is 2.28. The van der Waals surface area contributed by atoms with Gasteiger partial charge in [0.1, 0.15) is 5.25 Å². The predicted molar refractivity (Wildman–Crippen MR) is 47.4 cm³/mol. The standard InChI is InChI=1S/C8H13NO2S/c10-8(9-5-1-2-6-9)12(11)7-3-4-7/h7H,1-6H2. The van der Waals surface area contributed by atoms with Crippen molar-refractivity contribution in [2.45, 2.75) is 30.9 Å². The number of amides is 1. The van der Waals surface area contributed by atoms with E-state index in [-0.39, 0.29) is 10.5 Å². The lowest BCUT2D eigenvalue weighted by Gasteiger charge is -2.15. The van der Waals surface area contributed by atoms with E-state index in [0.29, 0.717) is 0 Å². The summed E-state index contributed by atoms with van der Waals surface area (Å²) >= 11 is -1.21. The zero-order chi connectivity index (χ0) is 8.55. The number of hydrogen-bond donors (Lipinski definition) is 0. The van der Waals surface area contributed by atoms with E-state index < -0.39 is 11.2 Å². The minimum Gasteiger partial charge on any atom is -0.607 e. The van der Waals surface area contributed by atoms with Gasteiger partial charge in [-0.15, -0.1) is 0 Å². The molecule has 1 saturated carbocycles. The van der Waals surface area contributed by atoms with Crippen LogP contribution >= 0.6 is 0 Å². The maximum Gasteiger partial charge on any atom is 0.429 e. The number of likely N-dealkylation sites (tertiary alicyclic amines) is 1. The molecule has 0 aromatic heterocycles. The first-order valence-electron chi connectivity index (χ1n) is 4.48. The fraction of sp³-hybridized carbons (Fsp3) is 0.875. The Bertz CT molecular complexity index is 183. The number of nitrogens with zero attached hydrogens (tertiary/aromatic N) is 1. The molecule has 1 aliphatic carbocycles. The minimum absolute atomic E-state index is 0.116. The Morgan fingerprint density at radius 3 is 2.42 bits per heavy atom. The van der Waals surface area contributed by atoms with Crippen LogP contribution in [-0.2, 0) is 11.2 Å². The zero-order valence-electron chi connectivity index (χ0n) is 6.99. The molecule has 0 spiro atoms. The highest BCUT2D eigenvalue weighted by molar-refractivity contribution is 8.06. The molecule has 1 aliphatic heterocycles. The van der Waals surface area contributed by atoms with Crippen molar-refractivity contribution < 1.29 is 9.35 Å². The Morgan fingerprint density at radius 2 is 1.92 bits per heavy atom. The van der Waals surface area contributed by atoms with Crippen LogP contribution in [0.25, 0.3) is 0 Å². The van der Waals surface area contributed by atoms with E-state index in [1.807, 2.05) is 0 Å². The number of carbonyl (C=O) groups is 1. The van der Waals surface area contributed by atoms with Crippen molar-refractivity contribution in [3.63, 3.8) is 0 Å². The summed E-state index contributed by atoms with van der Waals surface area (Å²) in [7, 11) is 0. The highest BCUT2D eigenvalue weighted by atomic mass is 32.2. The smallest absolute Gasteiger partial charge is 0.429 e. The van der Waals surface area contributed by atoms with Crippen LogP contribution in [0.4, 0.5) is 4.79 Å². The molecule has 2 rings (SSSR count). The molecule has 1 atom stereocenters. The van der Waals surface area contributed by atoms with Crippen molar-refractivity contribution >= 4 is 16.4 Å². The summed E-state index contributed by atoms with van der Waals surface area (Å²) in [6.07, 6.45) is 4.11. The third-order valence-corrected chi connectivity index (χ3v) is 4.04. The zero-order valence-corrected chi connectivity index (χ0v) is 7.81. The first-order chi connectivity index (χ1) is 5.79. The van der Waals surface area contributed by atoms with Crippen LogP contribution < -0.4 is 0 Å². The number of carbonyl (C=O) groups excluding carboxylic acids is 1. The molecule has 1 heterocycles. The first kappa shape index (κ1) is 8.38. The van der Waals surface area contributed by atoms with Gasteiger partial charge in [-0.1, -0.05) is 0 Å². The van der Waals surface area contributed by atoms with Crippen molar-refractivity contribution in [3.05, 3.63) is 0 Å². The van der Waals surface area contributed by atoms with E-state index >= 15 is 0 Å². The summed E-state index contributed by atoms with van der Waals surface area (Å²) in [5.74, 6) is 0. The van der Waals surface area contributed by atoms with Gasteiger partial charge in [0.25, 0.3) is 0 Å². The molecule has 4 heteroatoms. The van der Waals surface area contributed by atoms with E-state index in [1.165, 1.54) is 0 Å². The van der Waals surface area contributed by atoms with Crippen molar-refractivity contribution in [2.24, 2.45) is 0 Å². The SMILES string of the molecule is O=C(N1CCCC1)[S+]([O-])C1CC1. The van der Waals surface area contributed by atoms with Crippen molar-refractivity contribution in [2.75, 3.05) is 13.1 Å². The Balaban J connectivity index is 1.88. The van der Waals surface area contributed by atoms with Gasteiger partial charge in [-0.2, -0.15) is 0 Å². The van der Waals surface area contributed by atoms with E-state index in [4.69, 9.17) is 0 Å². The molecular formula is C8H13NO2S. The van der Waals surface area contributed by atoms with Crippen LogP contribution in [-0.4, -0.2) is 33.0 Å². The molecule has 1 amide bonds. The summed E-state index contributed by atoms with van der Waals surface area (Å²) in [5.41, 5.74) is 0. The van der Waals surface area contributed by atoms with Crippen LogP contribution in [0.5, 0.6) is 0 Å². The lowest BCUT2D eigenvalue weighted by atomic mass is 10.4. The van der Waals surface area contributed by atoms with Gasteiger partial charge in [0.05, 0.1) is 0 Å². The molecule has 1 saturated heterocycles. The van der Waals surface area contributed by atoms with Gasteiger partial charge in [-0.3, -0.25) is 4.90 Å². The summed E-state index contributed by atoms with van der Waals surface area (Å²) in [6.45, 7) is 1.63. The monoisotopic (exact) mass is 187 g/mol. The van der Waals surface area contributed by atoms with Crippen LogP contribution in [0.15, 0.2) is 0 Å². The molecule has 0 radical (unpaired) electrons.